The highest BCUT2D eigenvalue weighted by Gasteiger charge is 2.12. The molecule has 2 nitrogen and oxygen atoms in total. The molecule has 17 heavy (non-hydrogen) atoms. The summed E-state index contributed by atoms with van der Waals surface area (Å²) in [7, 11) is 0. The Hall–Kier alpha value is -0.320. The van der Waals surface area contributed by atoms with Gasteiger partial charge in [-0.25, -0.2) is 4.68 Å². The lowest BCUT2D eigenvalue weighted by molar-refractivity contribution is 0.829. The lowest BCUT2D eigenvalue weighted by atomic mass is 10.2. The first-order valence-electron chi connectivity index (χ1n) is 5.11. The van der Waals surface area contributed by atoms with Crippen molar-refractivity contribution in [1.82, 2.24) is 9.78 Å². The predicted octanol–water partition coefficient (Wildman–Crippen LogP) is 4.80. The summed E-state index contributed by atoms with van der Waals surface area (Å²) >= 11 is 13.2. The maximum Gasteiger partial charge on any atom is 0.0848 e. The molecular formula is C12H11Br2ClN2. The number of rotatable bonds is 2. The fourth-order valence-electron chi connectivity index (χ4n) is 1.66. The molecule has 5 heteroatoms. The number of hydrogen-bond donors (Lipinski definition) is 0. The molecule has 0 saturated carbocycles. The summed E-state index contributed by atoms with van der Waals surface area (Å²) < 4.78 is 2.87. The van der Waals surface area contributed by atoms with Gasteiger partial charge < -0.3 is 0 Å². The second-order valence-corrected chi connectivity index (χ2v) is 5.61. The minimum Gasteiger partial charge on any atom is -0.235 e. The molecule has 0 fully saturated rings. The van der Waals surface area contributed by atoms with Crippen LogP contribution in [0.2, 0.25) is 5.02 Å². The molecule has 0 bridgehead atoms. The van der Waals surface area contributed by atoms with Crippen molar-refractivity contribution < 1.29 is 0 Å². The number of aromatic nitrogens is 2. The Balaban J connectivity index is 2.57. The lowest BCUT2D eigenvalue weighted by Crippen LogP contribution is -2.00. The molecule has 0 spiro atoms. The van der Waals surface area contributed by atoms with Crippen molar-refractivity contribution in [2.75, 3.05) is 0 Å². The van der Waals surface area contributed by atoms with Gasteiger partial charge in [0.15, 0.2) is 0 Å². The zero-order valence-corrected chi connectivity index (χ0v) is 13.4. The number of nitrogens with zero attached hydrogens (tertiary/aromatic N) is 2. The molecule has 0 aliphatic carbocycles. The molecule has 2 rings (SSSR count). The van der Waals surface area contributed by atoms with Gasteiger partial charge in [0.05, 0.1) is 22.1 Å². The highest BCUT2D eigenvalue weighted by molar-refractivity contribution is 9.10. The molecule has 0 unspecified atom stereocenters. The summed E-state index contributed by atoms with van der Waals surface area (Å²) in [5.74, 6) is 0. The Morgan fingerprint density at radius 2 is 2.06 bits per heavy atom. The molecule has 90 valence electrons. The average Bonchev–Trinajstić information content (AvgIpc) is 2.57. The van der Waals surface area contributed by atoms with E-state index in [1.54, 1.807) is 0 Å². The zero-order chi connectivity index (χ0) is 12.6. The third kappa shape index (κ3) is 2.44. The van der Waals surface area contributed by atoms with E-state index in [1.165, 1.54) is 5.56 Å². The van der Waals surface area contributed by atoms with Crippen molar-refractivity contribution in [3.63, 3.8) is 0 Å². The lowest BCUT2D eigenvalue weighted by Gasteiger charge is -2.08. The standard InChI is InChI=1S/C12H11Br2ClN2/c1-7-12(15)8(2)17(16-7)11-4-3-9(6-13)5-10(11)14/h3-5H,6H2,1-2H3. The van der Waals surface area contributed by atoms with Crippen molar-refractivity contribution in [1.29, 1.82) is 0 Å². The van der Waals surface area contributed by atoms with E-state index in [0.29, 0.717) is 0 Å². The zero-order valence-electron chi connectivity index (χ0n) is 9.47. The van der Waals surface area contributed by atoms with Gasteiger partial charge >= 0.3 is 0 Å². The van der Waals surface area contributed by atoms with Crippen LogP contribution in [-0.4, -0.2) is 9.78 Å². The Labute approximate surface area is 122 Å². The summed E-state index contributed by atoms with van der Waals surface area (Å²) in [5.41, 5.74) is 4.02. The molecule has 1 heterocycles. The van der Waals surface area contributed by atoms with Gasteiger partial charge in [0, 0.05) is 9.80 Å². The first kappa shape index (κ1) is 13.1. The number of halogens is 3. The molecule has 0 N–H and O–H groups in total. The molecule has 2 aromatic rings. The minimum atomic E-state index is 0.724. The van der Waals surface area contributed by atoms with Crippen LogP contribution in [0, 0.1) is 13.8 Å². The molecule has 0 saturated heterocycles. The molecule has 1 aromatic carbocycles. The number of benzene rings is 1. The fraction of sp³-hybridized carbons (Fsp3) is 0.250. The van der Waals surface area contributed by atoms with Crippen LogP contribution in [0.1, 0.15) is 17.0 Å². The van der Waals surface area contributed by atoms with E-state index in [1.807, 2.05) is 24.6 Å². The summed E-state index contributed by atoms with van der Waals surface area (Å²) in [5, 5.41) is 6.00. The first-order valence-corrected chi connectivity index (χ1v) is 7.40. The van der Waals surface area contributed by atoms with Crippen LogP contribution >= 0.6 is 43.5 Å². The van der Waals surface area contributed by atoms with Gasteiger partial charge in [-0.3, -0.25) is 0 Å². The third-order valence-corrected chi connectivity index (χ3v) is 4.43. The Morgan fingerprint density at radius 3 is 2.53 bits per heavy atom. The number of aryl methyl sites for hydroxylation is 1. The molecule has 0 aliphatic heterocycles. The van der Waals surface area contributed by atoms with Crippen molar-refractivity contribution >= 4 is 43.5 Å². The van der Waals surface area contributed by atoms with Gasteiger partial charge in [-0.15, -0.1) is 0 Å². The summed E-state index contributed by atoms with van der Waals surface area (Å²) in [4.78, 5) is 0. The van der Waals surface area contributed by atoms with Crippen molar-refractivity contribution in [2.45, 2.75) is 19.2 Å². The maximum absolute atomic E-state index is 6.15. The largest absolute Gasteiger partial charge is 0.235 e. The second-order valence-electron chi connectivity index (χ2n) is 3.82. The second kappa shape index (κ2) is 5.12. The van der Waals surface area contributed by atoms with E-state index in [-0.39, 0.29) is 0 Å². The molecule has 0 atom stereocenters. The highest BCUT2D eigenvalue weighted by atomic mass is 79.9. The van der Waals surface area contributed by atoms with Crippen molar-refractivity contribution in [2.24, 2.45) is 0 Å². The maximum atomic E-state index is 6.15. The van der Waals surface area contributed by atoms with Crippen LogP contribution in [0.4, 0.5) is 0 Å². The fourth-order valence-corrected chi connectivity index (χ4v) is 2.72. The van der Waals surface area contributed by atoms with E-state index in [9.17, 15) is 0 Å². The topological polar surface area (TPSA) is 17.8 Å². The van der Waals surface area contributed by atoms with Crippen LogP contribution < -0.4 is 0 Å². The van der Waals surface area contributed by atoms with Crippen LogP contribution in [0.25, 0.3) is 5.69 Å². The summed E-state index contributed by atoms with van der Waals surface area (Å²) in [6, 6.07) is 6.18. The van der Waals surface area contributed by atoms with E-state index >= 15 is 0 Å². The van der Waals surface area contributed by atoms with Crippen molar-refractivity contribution in [3.05, 3.63) is 44.6 Å². The Kier molecular flexibility index (Phi) is 3.95. The monoisotopic (exact) mass is 376 g/mol. The van der Waals surface area contributed by atoms with Crippen molar-refractivity contribution in [3.8, 4) is 5.69 Å². The first-order chi connectivity index (χ1) is 8.04. The van der Waals surface area contributed by atoms with Gasteiger partial charge in [-0.2, -0.15) is 5.10 Å². The van der Waals surface area contributed by atoms with E-state index < -0.39 is 0 Å². The van der Waals surface area contributed by atoms with Crippen LogP contribution in [0.15, 0.2) is 22.7 Å². The SMILES string of the molecule is Cc1nn(-c2ccc(CBr)cc2Br)c(C)c1Cl. The predicted molar refractivity (Wildman–Crippen MR) is 78.4 cm³/mol. The van der Waals surface area contributed by atoms with Gasteiger partial charge in [0.25, 0.3) is 0 Å². The van der Waals surface area contributed by atoms with Crippen LogP contribution in [-0.2, 0) is 5.33 Å². The van der Waals surface area contributed by atoms with E-state index in [0.717, 1.165) is 31.9 Å². The highest BCUT2D eigenvalue weighted by Crippen LogP contribution is 2.28. The van der Waals surface area contributed by atoms with Gasteiger partial charge in [-0.05, 0) is 47.5 Å². The average molecular weight is 378 g/mol. The quantitative estimate of drug-likeness (QED) is 0.687. The smallest absolute Gasteiger partial charge is 0.0848 e. The van der Waals surface area contributed by atoms with E-state index in [4.69, 9.17) is 11.6 Å². The third-order valence-electron chi connectivity index (χ3n) is 2.60. The van der Waals surface area contributed by atoms with Crippen LogP contribution in [0.5, 0.6) is 0 Å². The molecule has 0 aliphatic rings. The normalized spacial score (nSPS) is 10.9. The molecule has 1 aromatic heterocycles. The number of hydrogen-bond acceptors (Lipinski definition) is 1. The number of alkyl halides is 1. The molecule has 0 radical (unpaired) electrons. The summed E-state index contributed by atoms with van der Waals surface area (Å²) in [6.45, 7) is 3.87. The van der Waals surface area contributed by atoms with Gasteiger partial charge in [0.1, 0.15) is 0 Å². The molecular weight excluding hydrogens is 367 g/mol. The Morgan fingerprint density at radius 1 is 1.35 bits per heavy atom. The minimum absolute atomic E-state index is 0.724. The van der Waals surface area contributed by atoms with Gasteiger partial charge in [0.2, 0.25) is 0 Å². The summed E-state index contributed by atoms with van der Waals surface area (Å²) in [6.07, 6.45) is 0. The Bertz CT molecular complexity index is 564. The van der Waals surface area contributed by atoms with Crippen LogP contribution in [0.3, 0.4) is 0 Å². The van der Waals surface area contributed by atoms with Gasteiger partial charge in [-0.1, -0.05) is 33.6 Å². The van der Waals surface area contributed by atoms with E-state index in [2.05, 4.69) is 49.1 Å². The molecule has 0 amide bonds.